The summed E-state index contributed by atoms with van der Waals surface area (Å²) in [5.74, 6) is -3.10. The Kier molecular flexibility index (Phi) is 5.07. The predicted molar refractivity (Wildman–Crippen MR) is 127 cm³/mol. The lowest BCUT2D eigenvalue weighted by Crippen LogP contribution is -2.87. The monoisotopic (exact) mass is 494 g/mol. The Hall–Kier alpha value is -4.08. The van der Waals surface area contributed by atoms with Crippen molar-refractivity contribution in [3.8, 4) is 11.5 Å². The van der Waals surface area contributed by atoms with Gasteiger partial charge in [-0.2, -0.15) is 0 Å². The third kappa shape index (κ3) is 2.36. The van der Waals surface area contributed by atoms with Gasteiger partial charge in [-0.15, -0.1) is 0 Å². The molecule has 2 unspecified atom stereocenters. The van der Waals surface area contributed by atoms with Crippen molar-refractivity contribution in [2.45, 2.75) is 36.8 Å². The van der Waals surface area contributed by atoms with E-state index in [9.17, 15) is 19.2 Å². The molecular weight excluding hydrogens is 468 g/mol. The first-order chi connectivity index (χ1) is 17.2. The van der Waals surface area contributed by atoms with Crippen molar-refractivity contribution in [2.75, 3.05) is 38.2 Å². The molecule has 2 aromatic carbocycles. The summed E-state index contributed by atoms with van der Waals surface area (Å²) in [6.45, 7) is 2.62. The third-order valence-electron chi connectivity index (χ3n) is 7.76. The van der Waals surface area contributed by atoms with Crippen LogP contribution in [0.3, 0.4) is 0 Å². The Morgan fingerprint density at radius 1 is 0.667 bits per heavy atom. The molecule has 2 amide bonds. The molecular formula is C26H26N2O8. The van der Waals surface area contributed by atoms with Gasteiger partial charge in [-0.3, -0.25) is 19.4 Å². The predicted octanol–water partition coefficient (Wildman–Crippen LogP) is 2.14. The zero-order valence-electron chi connectivity index (χ0n) is 20.8. The fourth-order valence-corrected chi connectivity index (χ4v) is 6.79. The van der Waals surface area contributed by atoms with Crippen molar-refractivity contribution < 1.29 is 38.1 Å². The number of fused-ring (bicyclic) bond motifs is 8. The van der Waals surface area contributed by atoms with Gasteiger partial charge in [0, 0.05) is 37.1 Å². The number of amides is 2. The molecule has 1 aliphatic carbocycles. The highest BCUT2D eigenvalue weighted by molar-refractivity contribution is 6.19. The molecule has 0 saturated heterocycles. The molecule has 0 N–H and O–H groups in total. The third-order valence-corrected chi connectivity index (χ3v) is 7.76. The van der Waals surface area contributed by atoms with E-state index in [1.807, 2.05) is 0 Å². The van der Waals surface area contributed by atoms with E-state index in [1.165, 1.54) is 52.1 Å². The van der Waals surface area contributed by atoms with E-state index in [-0.39, 0.29) is 0 Å². The van der Waals surface area contributed by atoms with Crippen LogP contribution in [0.2, 0.25) is 0 Å². The Morgan fingerprint density at radius 2 is 1.03 bits per heavy atom. The summed E-state index contributed by atoms with van der Waals surface area (Å²) in [6.07, 6.45) is 0. The van der Waals surface area contributed by atoms with Crippen molar-refractivity contribution in [1.82, 2.24) is 0 Å². The topological polar surface area (TPSA) is 112 Å². The Labute approximate surface area is 207 Å². The van der Waals surface area contributed by atoms with Crippen LogP contribution in [0, 0.1) is 0 Å². The van der Waals surface area contributed by atoms with Crippen molar-refractivity contribution >= 4 is 35.1 Å². The summed E-state index contributed by atoms with van der Waals surface area (Å²) in [5.41, 5.74) is -1.72. The maximum absolute atomic E-state index is 13.9. The summed E-state index contributed by atoms with van der Waals surface area (Å²) >= 11 is 0. The average Bonchev–Trinajstić information content (AvgIpc) is 3.28. The van der Waals surface area contributed by atoms with Crippen molar-refractivity contribution in [2.24, 2.45) is 0 Å². The van der Waals surface area contributed by atoms with Crippen LogP contribution < -0.4 is 19.3 Å². The van der Waals surface area contributed by atoms with E-state index in [4.69, 9.17) is 18.9 Å². The second-order valence-corrected chi connectivity index (χ2v) is 9.03. The first kappa shape index (κ1) is 23.7. The van der Waals surface area contributed by atoms with Crippen LogP contribution in [-0.4, -0.2) is 63.3 Å². The molecule has 0 aromatic heterocycles. The summed E-state index contributed by atoms with van der Waals surface area (Å²) in [5, 5.41) is 0. The van der Waals surface area contributed by atoms with E-state index >= 15 is 0 Å². The van der Waals surface area contributed by atoms with Crippen LogP contribution in [0.5, 0.6) is 11.5 Å². The number of benzene rings is 2. The minimum atomic E-state index is -1.92. The molecule has 0 spiro atoms. The number of ether oxygens (including phenoxy) is 4. The van der Waals surface area contributed by atoms with Gasteiger partial charge in [0.1, 0.15) is 11.5 Å². The molecule has 2 aliphatic heterocycles. The van der Waals surface area contributed by atoms with Crippen molar-refractivity contribution in [3.63, 3.8) is 0 Å². The van der Waals surface area contributed by atoms with Crippen LogP contribution in [0.4, 0.5) is 11.4 Å². The normalized spacial score (nSPS) is 26.6. The minimum absolute atomic E-state index is 0.435. The highest BCUT2D eigenvalue weighted by Gasteiger charge is 2.90. The molecule has 0 bridgehead atoms. The molecule has 2 aromatic rings. The van der Waals surface area contributed by atoms with Crippen LogP contribution in [0.1, 0.15) is 36.8 Å². The summed E-state index contributed by atoms with van der Waals surface area (Å²) in [7, 11) is 5.41. The summed E-state index contributed by atoms with van der Waals surface area (Å²) in [6, 6.07) is 10.2. The molecule has 10 heteroatoms. The standard InChI is InChI=1S/C26H26N2O8/c1-13(29)27-19-9-7-15(33-3)11-17(19)21-22-18-12-16(34-4)8-10-20(18)28(14(2)30)26(22,24(32)36-6)25(21,27)23(31)35-5/h7-12,21-22H,1-6H3/t21?,22?,25-,26-/m0/s1. The van der Waals surface area contributed by atoms with Gasteiger partial charge in [0.2, 0.25) is 11.8 Å². The zero-order chi connectivity index (χ0) is 26.2. The summed E-state index contributed by atoms with van der Waals surface area (Å²) < 4.78 is 21.5. The maximum Gasteiger partial charge on any atom is 0.336 e. The minimum Gasteiger partial charge on any atom is -0.497 e. The van der Waals surface area contributed by atoms with Gasteiger partial charge < -0.3 is 18.9 Å². The quantitative estimate of drug-likeness (QED) is 0.595. The Bertz CT molecular complexity index is 1240. The SMILES string of the molecule is COC(=O)[C@]12C(c3cc(OC)ccc3N1C(C)=O)C1c3cc(OC)ccc3N(C(C)=O)[C@]12C(=O)OC. The lowest BCUT2D eigenvalue weighted by molar-refractivity contribution is -0.175. The smallest absolute Gasteiger partial charge is 0.336 e. The summed E-state index contributed by atoms with van der Waals surface area (Å²) in [4.78, 5) is 57.0. The van der Waals surface area contributed by atoms with Gasteiger partial charge >= 0.3 is 11.9 Å². The zero-order valence-corrected chi connectivity index (χ0v) is 20.8. The number of rotatable bonds is 4. The van der Waals surface area contributed by atoms with Crippen LogP contribution in [0.15, 0.2) is 36.4 Å². The van der Waals surface area contributed by atoms with Crippen molar-refractivity contribution in [1.29, 1.82) is 0 Å². The Balaban J connectivity index is 1.95. The lowest BCUT2D eigenvalue weighted by Gasteiger charge is -2.63. The Morgan fingerprint density at radius 3 is 1.31 bits per heavy atom. The van der Waals surface area contributed by atoms with E-state index in [2.05, 4.69) is 0 Å². The molecule has 4 atom stereocenters. The number of hydrogen-bond donors (Lipinski definition) is 0. The number of hydrogen-bond acceptors (Lipinski definition) is 8. The number of carbonyl (C=O) groups is 4. The highest BCUT2D eigenvalue weighted by atomic mass is 16.5. The van der Waals surface area contributed by atoms with E-state index in [0.29, 0.717) is 34.0 Å². The number of methoxy groups -OCH3 is 4. The maximum atomic E-state index is 13.9. The van der Waals surface area contributed by atoms with Crippen LogP contribution >= 0.6 is 0 Å². The second-order valence-electron chi connectivity index (χ2n) is 9.03. The highest BCUT2D eigenvalue weighted by Crippen LogP contribution is 2.77. The van der Waals surface area contributed by atoms with Crippen LogP contribution in [-0.2, 0) is 28.7 Å². The van der Waals surface area contributed by atoms with Crippen molar-refractivity contribution in [3.05, 3.63) is 47.5 Å². The molecule has 36 heavy (non-hydrogen) atoms. The number of anilines is 2. The van der Waals surface area contributed by atoms with Gasteiger partial charge in [-0.05, 0) is 47.5 Å². The number of carbonyl (C=O) groups excluding carboxylic acids is 4. The molecule has 188 valence electrons. The average molecular weight is 495 g/mol. The fourth-order valence-electron chi connectivity index (χ4n) is 6.79. The molecule has 10 nitrogen and oxygen atoms in total. The van der Waals surface area contributed by atoms with E-state index < -0.39 is 46.7 Å². The first-order valence-electron chi connectivity index (χ1n) is 11.3. The van der Waals surface area contributed by atoms with E-state index in [0.717, 1.165) is 0 Å². The molecule has 1 fully saturated rings. The van der Waals surface area contributed by atoms with E-state index in [1.54, 1.807) is 36.4 Å². The fraction of sp³-hybridized carbons (Fsp3) is 0.385. The van der Waals surface area contributed by atoms with Gasteiger partial charge in [0.15, 0.2) is 11.1 Å². The largest absolute Gasteiger partial charge is 0.497 e. The molecule has 0 radical (unpaired) electrons. The van der Waals surface area contributed by atoms with Gasteiger partial charge in [-0.25, -0.2) is 9.59 Å². The molecule has 2 heterocycles. The number of nitrogens with zero attached hydrogens (tertiary/aromatic N) is 2. The number of esters is 2. The first-order valence-corrected chi connectivity index (χ1v) is 11.3. The van der Waals surface area contributed by atoms with Gasteiger partial charge in [0.05, 0.1) is 28.4 Å². The van der Waals surface area contributed by atoms with Gasteiger partial charge in [-0.1, -0.05) is 0 Å². The lowest BCUT2D eigenvalue weighted by atomic mass is 9.45. The second kappa shape index (κ2) is 7.71. The molecule has 3 aliphatic rings. The molecule has 5 rings (SSSR count). The van der Waals surface area contributed by atoms with Crippen LogP contribution in [0.25, 0.3) is 0 Å². The molecule has 1 saturated carbocycles. The van der Waals surface area contributed by atoms with Gasteiger partial charge in [0.25, 0.3) is 0 Å².